The Hall–Kier alpha value is -3.14. The highest BCUT2D eigenvalue weighted by Crippen LogP contribution is 2.34. The predicted octanol–water partition coefficient (Wildman–Crippen LogP) is 3.58. The maximum absolute atomic E-state index is 12.4. The number of likely N-dealkylation sites (N-methyl/N-ethyl adjacent to an activating group) is 1. The minimum atomic E-state index is -0.803. The van der Waals surface area contributed by atoms with Gasteiger partial charge in [-0.15, -0.1) is 11.3 Å². The van der Waals surface area contributed by atoms with Gasteiger partial charge < -0.3 is 20.3 Å². The van der Waals surface area contributed by atoms with E-state index in [9.17, 15) is 19.2 Å². The fourth-order valence-corrected chi connectivity index (χ4v) is 4.37. The minimum absolute atomic E-state index is 0.261. The number of rotatable bonds is 8. The lowest BCUT2D eigenvalue weighted by Gasteiger charge is -2.17. The van der Waals surface area contributed by atoms with Crippen LogP contribution >= 0.6 is 34.5 Å². The molecule has 0 fully saturated rings. The van der Waals surface area contributed by atoms with Gasteiger partial charge in [-0.3, -0.25) is 19.2 Å². The zero-order chi connectivity index (χ0) is 24.0. The lowest BCUT2D eigenvalue weighted by Crippen LogP contribution is -2.38. The van der Waals surface area contributed by atoms with Gasteiger partial charge in [-0.2, -0.15) is 0 Å². The molecule has 0 radical (unpaired) electrons. The van der Waals surface area contributed by atoms with Gasteiger partial charge in [0.25, 0.3) is 11.8 Å². The molecule has 3 amide bonds. The molecule has 1 heterocycles. The highest BCUT2D eigenvalue weighted by atomic mass is 35.5. The van der Waals surface area contributed by atoms with Crippen LogP contribution in [0.3, 0.4) is 0 Å². The highest BCUT2D eigenvalue weighted by Gasteiger charge is 2.19. The molecule has 0 saturated heterocycles. The molecule has 2 aromatic carbocycles. The molecule has 3 rings (SSSR count). The summed E-state index contributed by atoms with van der Waals surface area (Å²) in [6.45, 7) is -1.27. The van der Waals surface area contributed by atoms with Crippen molar-refractivity contribution in [1.82, 2.24) is 10.2 Å². The SMILES string of the molecule is CN(CC(=O)Nc1ccccc1Cl)C(=O)COC(=O)CNC(=O)c1sc2ccccc2c1Cl. The molecule has 172 valence electrons. The summed E-state index contributed by atoms with van der Waals surface area (Å²) in [7, 11) is 1.40. The summed E-state index contributed by atoms with van der Waals surface area (Å²) in [5.41, 5.74) is 0.422. The van der Waals surface area contributed by atoms with Crippen molar-refractivity contribution in [3.05, 3.63) is 63.5 Å². The number of nitrogens with zero attached hydrogens (tertiary/aromatic N) is 1. The van der Waals surface area contributed by atoms with E-state index in [4.69, 9.17) is 27.9 Å². The van der Waals surface area contributed by atoms with E-state index < -0.39 is 36.8 Å². The third-order valence-electron chi connectivity index (χ3n) is 4.45. The molecule has 3 aromatic rings. The molecule has 0 bridgehead atoms. The minimum Gasteiger partial charge on any atom is -0.454 e. The van der Waals surface area contributed by atoms with Gasteiger partial charge in [-0.05, 0) is 18.2 Å². The molecular weight excluding hydrogens is 489 g/mol. The van der Waals surface area contributed by atoms with Crippen molar-refractivity contribution in [2.75, 3.05) is 32.1 Å². The monoisotopic (exact) mass is 507 g/mol. The van der Waals surface area contributed by atoms with Crippen molar-refractivity contribution in [1.29, 1.82) is 0 Å². The van der Waals surface area contributed by atoms with Crippen LogP contribution in [-0.2, 0) is 19.1 Å². The quantitative estimate of drug-likeness (QED) is 0.453. The summed E-state index contributed by atoms with van der Waals surface area (Å²) in [6.07, 6.45) is 0. The summed E-state index contributed by atoms with van der Waals surface area (Å²) in [5, 5.41) is 6.46. The van der Waals surface area contributed by atoms with Gasteiger partial charge in [0.05, 0.1) is 22.3 Å². The number of hydrogen-bond acceptors (Lipinski definition) is 6. The second kappa shape index (κ2) is 11.1. The first-order valence-electron chi connectivity index (χ1n) is 9.65. The number of halogens is 2. The van der Waals surface area contributed by atoms with Crippen LogP contribution in [0, 0.1) is 0 Å². The summed E-state index contributed by atoms with van der Waals surface area (Å²) >= 11 is 13.4. The van der Waals surface area contributed by atoms with Gasteiger partial charge in [-0.25, -0.2) is 0 Å². The number of fused-ring (bicyclic) bond motifs is 1. The molecule has 0 saturated carbocycles. The van der Waals surface area contributed by atoms with Gasteiger partial charge in [-0.1, -0.05) is 53.5 Å². The third kappa shape index (κ3) is 6.44. The topological polar surface area (TPSA) is 105 Å². The van der Waals surface area contributed by atoms with Crippen LogP contribution in [0.1, 0.15) is 9.67 Å². The van der Waals surface area contributed by atoms with E-state index in [2.05, 4.69) is 10.6 Å². The molecule has 1 aromatic heterocycles. The van der Waals surface area contributed by atoms with Crippen molar-refractivity contribution < 1.29 is 23.9 Å². The zero-order valence-electron chi connectivity index (χ0n) is 17.4. The molecule has 0 aliphatic rings. The first kappa shape index (κ1) is 24.5. The number of benzene rings is 2. The average Bonchev–Trinajstić information content (AvgIpc) is 3.14. The molecular formula is C22H19Cl2N3O5S. The Morgan fingerprint density at radius 2 is 1.73 bits per heavy atom. The van der Waals surface area contributed by atoms with Crippen molar-refractivity contribution in [2.45, 2.75) is 0 Å². The number of esters is 1. The van der Waals surface area contributed by atoms with E-state index in [1.54, 1.807) is 30.3 Å². The summed E-state index contributed by atoms with van der Waals surface area (Å²) < 4.78 is 5.74. The van der Waals surface area contributed by atoms with Crippen LogP contribution in [0.2, 0.25) is 10.0 Å². The normalized spacial score (nSPS) is 10.5. The Balaban J connectivity index is 1.42. The number of hydrogen-bond donors (Lipinski definition) is 2. The van der Waals surface area contributed by atoms with E-state index >= 15 is 0 Å². The highest BCUT2D eigenvalue weighted by molar-refractivity contribution is 7.21. The number of carbonyl (C=O) groups excluding carboxylic acids is 4. The van der Waals surface area contributed by atoms with Gasteiger partial charge in [0.2, 0.25) is 5.91 Å². The van der Waals surface area contributed by atoms with Gasteiger partial charge in [0.1, 0.15) is 11.4 Å². The summed E-state index contributed by atoms with van der Waals surface area (Å²) in [4.78, 5) is 49.9. The van der Waals surface area contributed by atoms with Crippen molar-refractivity contribution in [3.63, 3.8) is 0 Å². The fraction of sp³-hybridized carbons (Fsp3) is 0.182. The molecule has 2 N–H and O–H groups in total. The molecule has 0 aliphatic carbocycles. The smallest absolute Gasteiger partial charge is 0.325 e. The van der Waals surface area contributed by atoms with Crippen molar-refractivity contribution in [3.8, 4) is 0 Å². The van der Waals surface area contributed by atoms with E-state index in [0.717, 1.165) is 15.0 Å². The Labute approximate surface area is 203 Å². The number of nitrogens with one attached hydrogen (secondary N) is 2. The van der Waals surface area contributed by atoms with E-state index in [0.29, 0.717) is 15.7 Å². The van der Waals surface area contributed by atoms with Crippen molar-refractivity contribution in [2.24, 2.45) is 0 Å². The largest absolute Gasteiger partial charge is 0.454 e. The second-order valence-corrected chi connectivity index (χ2v) is 8.70. The maximum Gasteiger partial charge on any atom is 0.325 e. The molecule has 0 unspecified atom stereocenters. The number of para-hydroxylation sites is 1. The van der Waals surface area contributed by atoms with Gasteiger partial charge in [0, 0.05) is 17.1 Å². The zero-order valence-corrected chi connectivity index (χ0v) is 19.7. The van der Waals surface area contributed by atoms with Crippen LogP contribution < -0.4 is 10.6 Å². The Kier molecular flexibility index (Phi) is 8.26. The van der Waals surface area contributed by atoms with Crippen LogP contribution in [0.4, 0.5) is 5.69 Å². The van der Waals surface area contributed by atoms with Crippen LogP contribution in [0.15, 0.2) is 48.5 Å². The number of amides is 3. The van der Waals surface area contributed by atoms with Gasteiger partial charge >= 0.3 is 5.97 Å². The van der Waals surface area contributed by atoms with Crippen LogP contribution in [-0.4, -0.2) is 55.3 Å². The van der Waals surface area contributed by atoms with Gasteiger partial charge in [0.15, 0.2) is 6.61 Å². The molecule has 33 heavy (non-hydrogen) atoms. The maximum atomic E-state index is 12.4. The molecule has 11 heteroatoms. The number of carbonyl (C=O) groups is 4. The summed E-state index contributed by atoms with van der Waals surface area (Å²) in [5.74, 6) is -2.37. The van der Waals surface area contributed by atoms with E-state index in [1.807, 2.05) is 18.2 Å². The second-order valence-electron chi connectivity index (χ2n) is 6.86. The van der Waals surface area contributed by atoms with Crippen LogP contribution in [0.25, 0.3) is 10.1 Å². The molecule has 0 spiro atoms. The first-order chi connectivity index (χ1) is 15.8. The fourth-order valence-electron chi connectivity index (χ4n) is 2.75. The first-order valence-corrected chi connectivity index (χ1v) is 11.2. The Morgan fingerprint density at radius 3 is 2.45 bits per heavy atom. The predicted molar refractivity (Wildman–Crippen MR) is 128 cm³/mol. The number of anilines is 1. The Bertz CT molecular complexity index is 1210. The molecule has 0 atom stereocenters. The van der Waals surface area contributed by atoms with E-state index in [-0.39, 0.29) is 11.4 Å². The number of thiophene rings is 1. The average molecular weight is 508 g/mol. The van der Waals surface area contributed by atoms with Crippen molar-refractivity contribution >= 4 is 74.0 Å². The van der Waals surface area contributed by atoms with Crippen LogP contribution in [0.5, 0.6) is 0 Å². The standard InChI is InChI=1S/C22H19Cl2N3O5S/c1-27(11-17(28)26-15-8-4-3-7-14(15)23)18(29)12-32-19(30)10-25-22(31)21-20(24)13-6-2-5-9-16(13)33-21/h2-9H,10-12H2,1H3,(H,25,31)(H,26,28). The summed E-state index contributed by atoms with van der Waals surface area (Å²) in [6, 6.07) is 14.0. The Morgan fingerprint density at radius 1 is 1.03 bits per heavy atom. The lowest BCUT2D eigenvalue weighted by molar-refractivity contribution is -0.150. The molecule has 8 nitrogen and oxygen atoms in total. The van der Waals surface area contributed by atoms with E-state index in [1.165, 1.54) is 18.4 Å². The number of ether oxygens (including phenoxy) is 1. The lowest BCUT2D eigenvalue weighted by atomic mass is 10.2. The third-order valence-corrected chi connectivity index (χ3v) is 6.45. The molecule has 0 aliphatic heterocycles.